The molecule has 144 valence electrons. The number of nitrogens with one attached hydrogen (secondary N) is 1. The third kappa shape index (κ3) is 4.72. The van der Waals surface area contributed by atoms with Crippen LogP contribution in [-0.4, -0.2) is 29.1 Å². The van der Waals surface area contributed by atoms with Gasteiger partial charge in [-0.15, -0.1) is 6.42 Å². The molecule has 1 amide bonds. The largest absolute Gasteiger partial charge is 0.497 e. The van der Waals surface area contributed by atoms with Gasteiger partial charge in [-0.3, -0.25) is 4.79 Å². The summed E-state index contributed by atoms with van der Waals surface area (Å²) in [4.78, 5) is 16.8. The normalized spacial score (nSPS) is 10.6. The number of aromatic nitrogens is 2. The highest BCUT2D eigenvalue weighted by Crippen LogP contribution is 2.17. The van der Waals surface area contributed by atoms with Crippen molar-refractivity contribution in [1.82, 2.24) is 14.9 Å². The van der Waals surface area contributed by atoms with Crippen molar-refractivity contribution in [3.05, 3.63) is 59.9 Å². The van der Waals surface area contributed by atoms with Crippen molar-refractivity contribution >= 4 is 16.9 Å². The average Bonchev–Trinajstić information content (AvgIpc) is 3.08. The summed E-state index contributed by atoms with van der Waals surface area (Å²) in [6.45, 7) is 1.19. The number of carbonyl (C=O) groups is 1. The summed E-state index contributed by atoms with van der Waals surface area (Å²) >= 11 is 0. The van der Waals surface area contributed by atoms with Crippen molar-refractivity contribution in [3.63, 3.8) is 0 Å². The molecule has 0 aliphatic rings. The monoisotopic (exact) mass is 375 g/mol. The molecule has 0 bridgehead atoms. The molecule has 0 unspecified atom stereocenters. The van der Waals surface area contributed by atoms with E-state index in [4.69, 9.17) is 16.1 Å². The van der Waals surface area contributed by atoms with Gasteiger partial charge in [0.2, 0.25) is 0 Å². The van der Waals surface area contributed by atoms with Crippen LogP contribution in [0.2, 0.25) is 0 Å². The second-order valence-electron chi connectivity index (χ2n) is 6.60. The Bertz CT molecular complexity index is 968. The molecule has 2 aromatic carbocycles. The molecule has 0 saturated heterocycles. The van der Waals surface area contributed by atoms with Gasteiger partial charge < -0.3 is 14.6 Å². The summed E-state index contributed by atoms with van der Waals surface area (Å²) in [5.41, 5.74) is 2.71. The van der Waals surface area contributed by atoms with Gasteiger partial charge in [0.15, 0.2) is 0 Å². The molecule has 0 aliphatic carbocycles. The van der Waals surface area contributed by atoms with Crippen LogP contribution in [0.15, 0.2) is 48.5 Å². The number of carbonyl (C=O) groups excluding carboxylic acids is 1. The van der Waals surface area contributed by atoms with Crippen LogP contribution in [0, 0.1) is 12.3 Å². The summed E-state index contributed by atoms with van der Waals surface area (Å²) in [7, 11) is 1.61. The molecule has 0 radical (unpaired) electrons. The number of fused-ring (bicyclic) bond motifs is 1. The Balaban J connectivity index is 1.43. The first-order valence-electron chi connectivity index (χ1n) is 9.53. The number of imidazole rings is 1. The lowest BCUT2D eigenvalue weighted by molar-refractivity contribution is 0.0953. The summed E-state index contributed by atoms with van der Waals surface area (Å²) in [6.07, 6.45) is 9.35. The topological polar surface area (TPSA) is 56.2 Å². The van der Waals surface area contributed by atoms with E-state index in [1.165, 1.54) is 0 Å². The maximum absolute atomic E-state index is 12.1. The molecule has 0 spiro atoms. The number of nitrogens with zero attached hydrogens (tertiary/aromatic N) is 2. The van der Waals surface area contributed by atoms with E-state index in [0.29, 0.717) is 18.7 Å². The molecule has 5 heteroatoms. The van der Waals surface area contributed by atoms with E-state index in [1.54, 1.807) is 31.4 Å². The van der Waals surface area contributed by atoms with Gasteiger partial charge in [-0.2, -0.15) is 0 Å². The fraction of sp³-hybridized carbons (Fsp3) is 0.304. The highest BCUT2D eigenvalue weighted by atomic mass is 16.5. The number of ether oxygens (including phenoxy) is 1. The van der Waals surface area contributed by atoms with Crippen molar-refractivity contribution in [2.75, 3.05) is 13.7 Å². The van der Waals surface area contributed by atoms with Crippen LogP contribution in [0.25, 0.3) is 11.0 Å². The molecular weight excluding hydrogens is 350 g/mol. The van der Waals surface area contributed by atoms with Crippen LogP contribution in [-0.2, 0) is 13.0 Å². The lowest BCUT2D eigenvalue weighted by atomic mass is 10.1. The van der Waals surface area contributed by atoms with Gasteiger partial charge >= 0.3 is 0 Å². The quantitative estimate of drug-likeness (QED) is 0.457. The van der Waals surface area contributed by atoms with E-state index >= 15 is 0 Å². The third-order valence-corrected chi connectivity index (χ3v) is 4.70. The predicted octanol–water partition coefficient (Wildman–Crippen LogP) is 3.82. The maximum Gasteiger partial charge on any atom is 0.251 e. The summed E-state index contributed by atoms with van der Waals surface area (Å²) in [5.74, 6) is 4.43. The molecule has 0 saturated carbocycles. The molecule has 3 rings (SSSR count). The van der Waals surface area contributed by atoms with Gasteiger partial charge in [0.25, 0.3) is 5.91 Å². The van der Waals surface area contributed by atoms with Gasteiger partial charge in [-0.25, -0.2) is 4.98 Å². The molecule has 1 N–H and O–H groups in total. The number of rotatable bonds is 9. The lowest BCUT2D eigenvalue weighted by Gasteiger charge is -2.07. The van der Waals surface area contributed by atoms with Gasteiger partial charge in [0, 0.05) is 18.5 Å². The Morgan fingerprint density at radius 3 is 2.68 bits per heavy atom. The molecule has 28 heavy (non-hydrogen) atoms. The number of amides is 1. The number of hydrogen-bond acceptors (Lipinski definition) is 3. The van der Waals surface area contributed by atoms with Gasteiger partial charge in [-0.1, -0.05) is 24.5 Å². The van der Waals surface area contributed by atoms with Crippen molar-refractivity contribution < 1.29 is 9.53 Å². The zero-order chi connectivity index (χ0) is 19.8. The molecule has 5 nitrogen and oxygen atoms in total. The highest BCUT2D eigenvalue weighted by Gasteiger charge is 2.09. The first-order valence-corrected chi connectivity index (χ1v) is 9.53. The third-order valence-electron chi connectivity index (χ3n) is 4.70. The average molecular weight is 375 g/mol. The number of hydrogen-bond donors (Lipinski definition) is 1. The maximum atomic E-state index is 12.1. The van der Waals surface area contributed by atoms with E-state index in [-0.39, 0.29) is 5.91 Å². The molecule has 1 heterocycles. The van der Waals surface area contributed by atoms with Gasteiger partial charge in [-0.05, 0) is 49.2 Å². The van der Waals surface area contributed by atoms with Gasteiger partial charge in [0.1, 0.15) is 11.6 Å². The molecule has 0 aliphatic heterocycles. The van der Waals surface area contributed by atoms with Gasteiger partial charge in [0.05, 0.1) is 24.7 Å². The Hall–Kier alpha value is -3.26. The van der Waals surface area contributed by atoms with E-state index in [2.05, 4.69) is 21.9 Å². The van der Waals surface area contributed by atoms with Crippen LogP contribution >= 0.6 is 0 Å². The number of para-hydroxylation sites is 2. The number of methoxy groups -OCH3 is 1. The molecule has 3 aromatic rings. The van der Waals surface area contributed by atoms with Crippen molar-refractivity contribution in [2.45, 2.75) is 32.2 Å². The zero-order valence-corrected chi connectivity index (χ0v) is 16.1. The Kier molecular flexibility index (Phi) is 6.69. The van der Waals surface area contributed by atoms with Crippen molar-refractivity contribution in [1.29, 1.82) is 0 Å². The predicted molar refractivity (Wildman–Crippen MR) is 111 cm³/mol. The molecular formula is C23H25N3O2. The van der Waals surface area contributed by atoms with Crippen molar-refractivity contribution in [2.24, 2.45) is 0 Å². The van der Waals surface area contributed by atoms with Crippen LogP contribution in [0.4, 0.5) is 0 Å². The summed E-state index contributed by atoms with van der Waals surface area (Å²) in [5, 5.41) is 2.96. The molecule has 0 atom stereocenters. The Morgan fingerprint density at radius 2 is 1.93 bits per heavy atom. The first kappa shape index (κ1) is 19.5. The van der Waals surface area contributed by atoms with E-state index in [9.17, 15) is 4.79 Å². The van der Waals surface area contributed by atoms with Crippen LogP contribution in [0.3, 0.4) is 0 Å². The van der Waals surface area contributed by atoms with E-state index in [0.717, 1.165) is 48.3 Å². The summed E-state index contributed by atoms with van der Waals surface area (Å²) in [6, 6.07) is 15.2. The number of benzene rings is 2. The zero-order valence-electron chi connectivity index (χ0n) is 16.1. The Labute approximate surface area is 165 Å². The second-order valence-corrected chi connectivity index (χ2v) is 6.60. The Morgan fingerprint density at radius 1 is 1.14 bits per heavy atom. The van der Waals surface area contributed by atoms with Crippen LogP contribution in [0.5, 0.6) is 5.75 Å². The minimum absolute atomic E-state index is 0.0570. The fourth-order valence-electron chi connectivity index (χ4n) is 3.22. The smallest absolute Gasteiger partial charge is 0.251 e. The first-order chi connectivity index (χ1) is 13.7. The molecule has 1 aromatic heterocycles. The number of unbranched alkanes of at least 4 members (excludes halogenated alkanes) is 2. The minimum atomic E-state index is -0.0570. The second kappa shape index (κ2) is 9.61. The van der Waals surface area contributed by atoms with Crippen LogP contribution in [0.1, 0.15) is 35.4 Å². The van der Waals surface area contributed by atoms with Crippen LogP contribution < -0.4 is 10.1 Å². The lowest BCUT2D eigenvalue weighted by Crippen LogP contribution is -2.24. The fourth-order valence-corrected chi connectivity index (χ4v) is 3.22. The SMILES string of the molecule is C#CCn1c(CCCCCNC(=O)c2ccc(OC)cc2)nc2ccccc21. The van der Waals surface area contributed by atoms with Crippen molar-refractivity contribution in [3.8, 4) is 18.1 Å². The summed E-state index contributed by atoms with van der Waals surface area (Å²) < 4.78 is 7.22. The molecule has 0 fully saturated rings. The highest BCUT2D eigenvalue weighted by molar-refractivity contribution is 5.94. The standard InChI is InChI=1S/C23H25N3O2/c1-3-17-26-21-10-7-6-9-20(21)25-22(26)11-5-4-8-16-24-23(27)18-12-14-19(28-2)15-13-18/h1,6-7,9-10,12-15H,4-5,8,11,16-17H2,2H3,(H,24,27). The number of aryl methyl sites for hydroxylation is 1. The van der Waals surface area contributed by atoms with E-state index < -0.39 is 0 Å². The van der Waals surface area contributed by atoms with E-state index in [1.807, 2.05) is 18.2 Å². The minimum Gasteiger partial charge on any atom is -0.497 e. The number of terminal acetylenes is 1.